The van der Waals surface area contributed by atoms with E-state index in [1.165, 1.54) is 22.7 Å². The maximum Gasteiger partial charge on any atom is 0.338 e. The van der Waals surface area contributed by atoms with Crippen molar-refractivity contribution in [2.45, 2.75) is 156 Å². The third-order valence-corrected chi connectivity index (χ3v) is 14.6. The zero-order chi connectivity index (χ0) is 43.6. The normalized spacial score (nSPS) is 12.1. The molecule has 0 bridgehead atoms. The minimum atomic E-state index is -0.466. The lowest BCUT2D eigenvalue weighted by Gasteiger charge is -2.19. The number of thiophene rings is 2. The van der Waals surface area contributed by atoms with Crippen LogP contribution in [0.2, 0.25) is 0 Å². The summed E-state index contributed by atoms with van der Waals surface area (Å²) in [7, 11) is 0. The van der Waals surface area contributed by atoms with Crippen molar-refractivity contribution in [2.24, 2.45) is 0 Å². The van der Waals surface area contributed by atoms with Gasteiger partial charge >= 0.3 is 23.9 Å². The highest BCUT2D eigenvalue weighted by Gasteiger charge is 2.33. The Morgan fingerprint density at radius 1 is 0.323 bits per heavy atom. The quantitative estimate of drug-likeness (QED) is 0.0157. The molecule has 2 heterocycles. The predicted octanol–water partition coefficient (Wildman–Crippen LogP) is 15.6. The second kappa shape index (κ2) is 21.9. The highest BCUT2D eigenvalue weighted by atomic mass is 32.1. The summed E-state index contributed by atoms with van der Waals surface area (Å²) in [5.74, 6) is -1.87. The molecule has 0 amide bonds. The van der Waals surface area contributed by atoms with Crippen LogP contribution in [-0.2, 0) is 18.9 Å². The minimum absolute atomic E-state index is 0.294. The van der Waals surface area contributed by atoms with Crippen molar-refractivity contribution in [3.63, 3.8) is 0 Å². The summed E-state index contributed by atoms with van der Waals surface area (Å²) in [6, 6.07) is 7.45. The first-order valence-electron chi connectivity index (χ1n) is 23.7. The van der Waals surface area contributed by atoms with E-state index in [1.807, 2.05) is 24.3 Å². The van der Waals surface area contributed by atoms with E-state index in [1.54, 1.807) is 0 Å². The molecule has 0 aliphatic heterocycles. The van der Waals surface area contributed by atoms with E-state index in [-0.39, 0.29) is 0 Å². The second-order valence-electron chi connectivity index (χ2n) is 17.1. The lowest BCUT2D eigenvalue weighted by Crippen LogP contribution is -2.13. The molecule has 7 aromatic rings. The maximum atomic E-state index is 14.3. The molecule has 5 aromatic carbocycles. The van der Waals surface area contributed by atoms with Crippen molar-refractivity contribution >= 4 is 108 Å². The molecule has 62 heavy (non-hydrogen) atoms. The van der Waals surface area contributed by atoms with Crippen LogP contribution in [0.3, 0.4) is 0 Å². The Labute approximate surface area is 374 Å². The summed E-state index contributed by atoms with van der Waals surface area (Å²) in [5.41, 5.74) is 1.35. The molecule has 10 heteroatoms. The van der Waals surface area contributed by atoms with Gasteiger partial charge in [0.1, 0.15) is 0 Å². The highest BCUT2D eigenvalue weighted by molar-refractivity contribution is 7.27. The fraction of sp³-hybridized carbons (Fsp3) is 0.538. The lowest BCUT2D eigenvalue weighted by molar-refractivity contribution is 0.0483. The average Bonchev–Trinajstić information content (AvgIpc) is 3.85. The van der Waals surface area contributed by atoms with Crippen LogP contribution in [0.1, 0.15) is 198 Å². The Balaban J connectivity index is 1.39. The van der Waals surface area contributed by atoms with Crippen LogP contribution in [0.15, 0.2) is 24.3 Å². The van der Waals surface area contributed by atoms with Crippen LogP contribution < -0.4 is 0 Å². The molecule has 0 spiro atoms. The topological polar surface area (TPSA) is 105 Å². The molecule has 0 saturated heterocycles. The maximum absolute atomic E-state index is 14.3. The highest BCUT2D eigenvalue weighted by Crippen LogP contribution is 2.56. The molecule has 7 rings (SSSR count). The molecule has 0 aliphatic rings. The van der Waals surface area contributed by atoms with E-state index in [4.69, 9.17) is 18.9 Å². The number of benzene rings is 5. The van der Waals surface area contributed by atoms with Crippen LogP contribution in [0.25, 0.3) is 61.9 Å². The number of carbonyl (C=O) groups is 4. The zero-order valence-corrected chi connectivity index (χ0v) is 39.0. The monoisotopic (exact) mass is 880 g/mol. The molecular formula is C52H64O8S2. The number of ether oxygens (including phenoxy) is 4. The summed E-state index contributed by atoms with van der Waals surface area (Å²) in [6.45, 7) is 9.87. The molecular weight excluding hydrogens is 817 g/mol. The van der Waals surface area contributed by atoms with Crippen LogP contribution in [0.5, 0.6) is 0 Å². The first kappa shape index (κ1) is 45.7. The van der Waals surface area contributed by atoms with E-state index in [0.29, 0.717) is 59.5 Å². The van der Waals surface area contributed by atoms with E-state index in [9.17, 15) is 19.2 Å². The third kappa shape index (κ3) is 9.62. The van der Waals surface area contributed by atoms with Crippen molar-refractivity contribution in [1.29, 1.82) is 0 Å². The molecule has 0 aliphatic carbocycles. The van der Waals surface area contributed by atoms with Gasteiger partial charge in [0.05, 0.1) is 48.7 Å². The lowest BCUT2D eigenvalue weighted by atomic mass is 9.84. The Morgan fingerprint density at radius 2 is 0.548 bits per heavy atom. The van der Waals surface area contributed by atoms with Gasteiger partial charge in [-0.05, 0) is 49.9 Å². The second-order valence-corrected chi connectivity index (χ2v) is 19.3. The third-order valence-electron chi connectivity index (χ3n) is 12.4. The van der Waals surface area contributed by atoms with Gasteiger partial charge in [0.25, 0.3) is 0 Å². The molecule has 2 aromatic heterocycles. The predicted molar refractivity (Wildman–Crippen MR) is 257 cm³/mol. The van der Waals surface area contributed by atoms with Gasteiger partial charge in [0.2, 0.25) is 0 Å². The SMILES string of the molecule is CCCCCCCOC(=O)c1cc2sc3cc(C(=O)OCCCCCCC)c4c(C(=O)OCCCCCCC)cc5sc6cc(C(=O)OCCCCCCC)c1c1c2c3c4c5c61. The molecule has 0 unspecified atom stereocenters. The van der Waals surface area contributed by atoms with E-state index >= 15 is 0 Å². The van der Waals surface area contributed by atoms with Crippen LogP contribution in [0.4, 0.5) is 0 Å². The summed E-state index contributed by atoms with van der Waals surface area (Å²) in [5, 5.41) is 6.34. The number of rotatable bonds is 28. The molecule has 0 N–H and O–H groups in total. The van der Waals surface area contributed by atoms with Gasteiger partial charge in [-0.2, -0.15) is 0 Å². The van der Waals surface area contributed by atoms with Crippen molar-refractivity contribution in [3.8, 4) is 0 Å². The van der Waals surface area contributed by atoms with Crippen molar-refractivity contribution in [1.82, 2.24) is 0 Å². The fourth-order valence-electron chi connectivity index (χ4n) is 9.16. The van der Waals surface area contributed by atoms with Gasteiger partial charge in [-0.25, -0.2) is 19.2 Å². The van der Waals surface area contributed by atoms with Gasteiger partial charge < -0.3 is 18.9 Å². The minimum Gasteiger partial charge on any atom is -0.462 e. The van der Waals surface area contributed by atoms with Crippen molar-refractivity contribution in [3.05, 3.63) is 46.5 Å². The molecule has 332 valence electrons. The smallest absolute Gasteiger partial charge is 0.338 e. The van der Waals surface area contributed by atoms with Gasteiger partial charge in [-0.3, -0.25) is 0 Å². The van der Waals surface area contributed by atoms with Gasteiger partial charge in [0.15, 0.2) is 0 Å². The van der Waals surface area contributed by atoms with Crippen LogP contribution >= 0.6 is 22.7 Å². The van der Waals surface area contributed by atoms with Gasteiger partial charge in [-0.15, -0.1) is 22.7 Å². The number of hydrogen-bond donors (Lipinski definition) is 0. The van der Waals surface area contributed by atoms with Crippen LogP contribution in [0, 0.1) is 0 Å². The van der Waals surface area contributed by atoms with E-state index < -0.39 is 23.9 Å². The number of unbranched alkanes of at least 4 members (excludes halogenated alkanes) is 16. The number of esters is 4. The first-order chi connectivity index (χ1) is 30.3. The zero-order valence-electron chi connectivity index (χ0n) is 37.4. The summed E-state index contributed by atoms with van der Waals surface area (Å²) in [6.07, 6.45) is 20.4. The fourth-order valence-corrected chi connectivity index (χ4v) is 11.6. The van der Waals surface area contributed by atoms with Crippen LogP contribution in [-0.4, -0.2) is 50.3 Å². The van der Waals surface area contributed by atoms with E-state index in [2.05, 4.69) is 27.7 Å². The Morgan fingerprint density at radius 3 is 0.774 bits per heavy atom. The molecule has 8 nitrogen and oxygen atoms in total. The summed E-state index contributed by atoms with van der Waals surface area (Å²) < 4.78 is 27.3. The average molecular weight is 881 g/mol. The van der Waals surface area contributed by atoms with E-state index in [0.717, 1.165) is 180 Å². The largest absolute Gasteiger partial charge is 0.462 e. The molecule has 0 atom stereocenters. The summed E-state index contributed by atoms with van der Waals surface area (Å²) in [4.78, 5) is 57.1. The first-order valence-corrected chi connectivity index (χ1v) is 25.4. The summed E-state index contributed by atoms with van der Waals surface area (Å²) >= 11 is 3.00. The van der Waals surface area contributed by atoms with Gasteiger partial charge in [0, 0.05) is 61.9 Å². The Hall–Kier alpha value is -4.28. The van der Waals surface area contributed by atoms with Gasteiger partial charge in [-0.1, -0.05) is 130 Å². The standard InChI is InChI=1S/C52H64O8S2/c1-5-9-13-17-21-25-57-49(53)33-29-37-43-45-39(61-37)31-35(51(55)59-27-23-19-15-11-7-3)42-36(52(56)60-28-24-20-16-12-8-4)32-40-46(48(42)45)44-38(62-40)30-34(41(33)47(43)44)50(54)58-26-22-18-14-10-6-2/h29-32H,5-28H2,1-4H3. The Kier molecular flexibility index (Phi) is 16.1. The van der Waals surface area contributed by atoms with Crippen molar-refractivity contribution in [2.75, 3.05) is 26.4 Å². The molecule has 0 fully saturated rings. The van der Waals surface area contributed by atoms with Crippen molar-refractivity contribution < 1.29 is 38.1 Å². The molecule has 0 saturated carbocycles. The molecule has 0 radical (unpaired) electrons. The Bertz CT molecular complexity index is 2240. The number of carbonyl (C=O) groups excluding carboxylic acids is 4. The number of hydrogen-bond acceptors (Lipinski definition) is 10.